The minimum Gasteiger partial charge on any atom is -0.373 e. The summed E-state index contributed by atoms with van der Waals surface area (Å²) in [6, 6.07) is 10.3. The Balaban J connectivity index is 1.76. The van der Waals surface area contributed by atoms with Gasteiger partial charge in [0.1, 0.15) is 17.3 Å². The Kier molecular flexibility index (Phi) is 4.35. The Bertz CT molecular complexity index is 984. The van der Waals surface area contributed by atoms with E-state index in [4.69, 9.17) is 0 Å². The molecule has 27 heavy (non-hydrogen) atoms. The summed E-state index contributed by atoms with van der Waals surface area (Å²) in [5.41, 5.74) is 2.30. The molecule has 0 unspecified atom stereocenters. The summed E-state index contributed by atoms with van der Waals surface area (Å²) in [7, 11) is 1.92. The molecule has 1 amide bonds. The number of hydrogen-bond donors (Lipinski definition) is 0. The first-order valence-electron chi connectivity index (χ1n) is 8.65. The highest BCUT2D eigenvalue weighted by Gasteiger charge is 2.27. The lowest BCUT2D eigenvalue weighted by molar-refractivity contribution is 0.0980. The molecule has 0 spiro atoms. The fourth-order valence-corrected chi connectivity index (χ4v) is 3.35. The van der Waals surface area contributed by atoms with E-state index in [1.54, 1.807) is 27.7 Å². The molecule has 1 aliphatic heterocycles. The largest absolute Gasteiger partial charge is 0.373 e. The summed E-state index contributed by atoms with van der Waals surface area (Å²) >= 11 is 0. The number of aromatic nitrogens is 2. The van der Waals surface area contributed by atoms with Crippen LogP contribution in [0.15, 0.2) is 55.0 Å². The Labute approximate surface area is 155 Å². The van der Waals surface area contributed by atoms with Crippen molar-refractivity contribution in [2.24, 2.45) is 0 Å². The van der Waals surface area contributed by atoms with E-state index < -0.39 is 5.82 Å². The number of nitrogens with zero attached hydrogens (tertiary/aromatic N) is 4. The number of fused-ring (bicyclic) bond motifs is 1. The number of carbonyl (C=O) groups excluding carboxylic acids is 1. The molecular formula is C20H18F2N4O. The second-order valence-corrected chi connectivity index (χ2v) is 6.49. The van der Waals surface area contributed by atoms with E-state index in [1.165, 1.54) is 36.8 Å². The van der Waals surface area contributed by atoms with E-state index in [9.17, 15) is 13.6 Å². The third-order valence-corrected chi connectivity index (χ3v) is 4.72. The molecule has 0 aliphatic carbocycles. The molecule has 7 heteroatoms. The fraction of sp³-hybridized carbons (Fsp3) is 0.200. The van der Waals surface area contributed by atoms with Gasteiger partial charge in [-0.3, -0.25) is 9.36 Å². The van der Waals surface area contributed by atoms with Crippen molar-refractivity contribution in [2.75, 3.05) is 29.9 Å². The van der Waals surface area contributed by atoms with Crippen LogP contribution in [0.1, 0.15) is 16.9 Å². The standard InChI is InChI=1S/C20H18F2N4O/c1-24-9-2-10-25(18-11-15(22)5-8-17(18)24)20(27)19-12-23-13-26(19)16-6-3-14(21)4-7-16/h3-8,11-13H,2,9-10H2,1H3. The van der Waals surface area contributed by atoms with Crippen LogP contribution in [0.5, 0.6) is 0 Å². The zero-order valence-electron chi connectivity index (χ0n) is 14.8. The highest BCUT2D eigenvalue weighted by atomic mass is 19.1. The van der Waals surface area contributed by atoms with Gasteiger partial charge in [0.25, 0.3) is 5.91 Å². The van der Waals surface area contributed by atoms with Crippen molar-refractivity contribution in [1.82, 2.24) is 9.55 Å². The van der Waals surface area contributed by atoms with Gasteiger partial charge in [0.05, 0.1) is 23.9 Å². The number of hydrogen-bond acceptors (Lipinski definition) is 3. The maximum atomic E-state index is 13.9. The molecule has 1 aliphatic rings. The molecule has 2 aromatic carbocycles. The van der Waals surface area contributed by atoms with Crippen molar-refractivity contribution in [3.8, 4) is 5.69 Å². The van der Waals surface area contributed by atoms with Gasteiger partial charge in [-0.05, 0) is 48.9 Å². The lowest BCUT2D eigenvalue weighted by Crippen LogP contribution is -2.33. The predicted octanol–water partition coefficient (Wildman–Crippen LogP) is 3.64. The third-order valence-electron chi connectivity index (χ3n) is 4.72. The Hall–Kier alpha value is -3.22. The number of imidazole rings is 1. The zero-order chi connectivity index (χ0) is 19.0. The van der Waals surface area contributed by atoms with Crippen LogP contribution < -0.4 is 9.80 Å². The van der Waals surface area contributed by atoms with Crippen molar-refractivity contribution in [3.63, 3.8) is 0 Å². The Morgan fingerprint density at radius 2 is 1.74 bits per heavy atom. The SMILES string of the molecule is CN1CCCN(C(=O)c2cncn2-c2ccc(F)cc2)c2cc(F)ccc21. The topological polar surface area (TPSA) is 41.4 Å². The number of halogens is 2. The van der Waals surface area contributed by atoms with Crippen molar-refractivity contribution in [3.05, 3.63) is 72.3 Å². The van der Waals surface area contributed by atoms with Gasteiger partial charge in [-0.2, -0.15) is 0 Å². The third kappa shape index (κ3) is 3.16. The van der Waals surface area contributed by atoms with E-state index in [0.717, 1.165) is 18.7 Å². The molecule has 0 saturated carbocycles. The lowest BCUT2D eigenvalue weighted by atomic mass is 10.2. The van der Waals surface area contributed by atoms with Crippen LogP contribution in [-0.4, -0.2) is 35.6 Å². The van der Waals surface area contributed by atoms with E-state index in [0.29, 0.717) is 23.6 Å². The molecule has 2 heterocycles. The van der Waals surface area contributed by atoms with Crippen LogP contribution in [0, 0.1) is 11.6 Å². The monoisotopic (exact) mass is 368 g/mol. The predicted molar refractivity (Wildman–Crippen MR) is 99.5 cm³/mol. The molecule has 0 radical (unpaired) electrons. The Morgan fingerprint density at radius 1 is 1.00 bits per heavy atom. The molecule has 5 nitrogen and oxygen atoms in total. The van der Waals surface area contributed by atoms with Gasteiger partial charge in [-0.15, -0.1) is 0 Å². The minimum atomic E-state index is -0.395. The van der Waals surface area contributed by atoms with Crippen LogP contribution in [-0.2, 0) is 0 Å². The van der Waals surface area contributed by atoms with Crippen molar-refractivity contribution in [2.45, 2.75) is 6.42 Å². The van der Waals surface area contributed by atoms with E-state index in [-0.39, 0.29) is 11.7 Å². The molecule has 4 rings (SSSR count). The first kappa shape index (κ1) is 17.2. The van der Waals surface area contributed by atoms with Gasteiger partial charge in [-0.25, -0.2) is 13.8 Å². The van der Waals surface area contributed by atoms with Gasteiger partial charge in [-0.1, -0.05) is 0 Å². The first-order chi connectivity index (χ1) is 13.0. The smallest absolute Gasteiger partial charge is 0.276 e. The van der Waals surface area contributed by atoms with Gasteiger partial charge < -0.3 is 9.80 Å². The number of anilines is 2. The summed E-state index contributed by atoms with van der Waals surface area (Å²) in [5, 5.41) is 0. The Morgan fingerprint density at radius 3 is 2.52 bits per heavy atom. The highest BCUT2D eigenvalue weighted by molar-refractivity contribution is 6.07. The van der Waals surface area contributed by atoms with E-state index in [1.807, 2.05) is 11.9 Å². The molecule has 0 fully saturated rings. The van der Waals surface area contributed by atoms with Crippen LogP contribution in [0.3, 0.4) is 0 Å². The molecule has 0 bridgehead atoms. The molecule has 0 saturated heterocycles. The quantitative estimate of drug-likeness (QED) is 0.694. The number of benzene rings is 2. The average Bonchev–Trinajstić information content (AvgIpc) is 3.08. The first-order valence-corrected chi connectivity index (χ1v) is 8.65. The van der Waals surface area contributed by atoms with Gasteiger partial charge in [0.15, 0.2) is 0 Å². The normalized spacial score (nSPS) is 14.0. The zero-order valence-corrected chi connectivity index (χ0v) is 14.8. The van der Waals surface area contributed by atoms with Gasteiger partial charge in [0.2, 0.25) is 0 Å². The van der Waals surface area contributed by atoms with Gasteiger partial charge >= 0.3 is 0 Å². The maximum absolute atomic E-state index is 13.9. The van der Waals surface area contributed by atoms with Crippen LogP contribution in [0.4, 0.5) is 20.2 Å². The van der Waals surface area contributed by atoms with E-state index >= 15 is 0 Å². The second-order valence-electron chi connectivity index (χ2n) is 6.49. The maximum Gasteiger partial charge on any atom is 0.276 e. The molecule has 0 N–H and O–H groups in total. The lowest BCUT2D eigenvalue weighted by Gasteiger charge is -2.24. The highest BCUT2D eigenvalue weighted by Crippen LogP contribution is 2.33. The summed E-state index contributed by atoms with van der Waals surface area (Å²) in [6.45, 7) is 1.23. The fourth-order valence-electron chi connectivity index (χ4n) is 3.35. The van der Waals surface area contributed by atoms with Crippen LogP contribution in [0.2, 0.25) is 0 Å². The number of amides is 1. The van der Waals surface area contributed by atoms with Crippen LogP contribution in [0.25, 0.3) is 5.69 Å². The molecule has 3 aromatic rings. The van der Waals surface area contributed by atoms with Gasteiger partial charge in [0, 0.05) is 25.8 Å². The van der Waals surface area contributed by atoms with Crippen molar-refractivity contribution >= 4 is 17.3 Å². The van der Waals surface area contributed by atoms with Crippen LogP contribution >= 0.6 is 0 Å². The van der Waals surface area contributed by atoms with Crippen molar-refractivity contribution in [1.29, 1.82) is 0 Å². The molecule has 0 atom stereocenters. The second kappa shape index (κ2) is 6.83. The number of rotatable bonds is 2. The average molecular weight is 368 g/mol. The minimum absolute atomic E-state index is 0.279. The molecule has 1 aromatic heterocycles. The molecular weight excluding hydrogens is 350 g/mol. The summed E-state index contributed by atoms with van der Waals surface area (Å²) < 4.78 is 28.7. The number of carbonyl (C=O) groups is 1. The summed E-state index contributed by atoms with van der Waals surface area (Å²) in [6.07, 6.45) is 3.74. The summed E-state index contributed by atoms with van der Waals surface area (Å²) in [5.74, 6) is -1.03. The summed E-state index contributed by atoms with van der Waals surface area (Å²) in [4.78, 5) is 21.0. The molecule has 138 valence electrons. The van der Waals surface area contributed by atoms with E-state index in [2.05, 4.69) is 4.98 Å². The van der Waals surface area contributed by atoms with Crippen molar-refractivity contribution < 1.29 is 13.6 Å².